The Morgan fingerprint density at radius 3 is 2.23 bits per heavy atom. The maximum atomic E-state index is 12.0. The SMILES string of the molecule is O=C1NC(=Nc2ccc(Cl)cc2)S[C@@H]1Cc1ccc(Cl)cc1. The molecule has 0 spiro atoms. The highest BCUT2D eigenvalue weighted by Gasteiger charge is 2.30. The molecule has 0 unspecified atom stereocenters. The number of amidine groups is 1. The molecule has 2 aromatic rings. The summed E-state index contributed by atoms with van der Waals surface area (Å²) < 4.78 is 0. The zero-order valence-electron chi connectivity index (χ0n) is 11.4. The van der Waals surface area contributed by atoms with Crippen LogP contribution in [-0.2, 0) is 11.2 Å². The Labute approximate surface area is 142 Å². The average molecular weight is 351 g/mol. The first-order chi connectivity index (χ1) is 10.6. The van der Waals surface area contributed by atoms with Crippen molar-refractivity contribution in [2.45, 2.75) is 11.7 Å². The van der Waals surface area contributed by atoms with Crippen LogP contribution in [0.25, 0.3) is 0 Å². The van der Waals surface area contributed by atoms with Crippen LogP contribution < -0.4 is 5.32 Å². The number of hydrogen-bond acceptors (Lipinski definition) is 3. The van der Waals surface area contributed by atoms with Gasteiger partial charge in [0.15, 0.2) is 5.17 Å². The molecule has 1 saturated heterocycles. The van der Waals surface area contributed by atoms with Gasteiger partial charge in [0, 0.05) is 10.0 Å². The highest BCUT2D eigenvalue weighted by Crippen LogP contribution is 2.26. The minimum Gasteiger partial charge on any atom is -0.304 e. The number of rotatable bonds is 3. The number of carbonyl (C=O) groups excluding carboxylic acids is 1. The summed E-state index contributed by atoms with van der Waals surface area (Å²) in [5, 5.41) is 4.61. The molecule has 1 aliphatic rings. The van der Waals surface area contributed by atoms with Crippen LogP contribution >= 0.6 is 35.0 Å². The van der Waals surface area contributed by atoms with Crippen LogP contribution in [0.4, 0.5) is 5.69 Å². The van der Waals surface area contributed by atoms with Gasteiger partial charge in [0.1, 0.15) is 0 Å². The van der Waals surface area contributed by atoms with E-state index in [1.54, 1.807) is 12.1 Å². The Balaban J connectivity index is 1.70. The molecule has 2 aromatic carbocycles. The lowest BCUT2D eigenvalue weighted by molar-refractivity contribution is -0.118. The van der Waals surface area contributed by atoms with Crippen molar-refractivity contribution >= 4 is 51.7 Å². The van der Waals surface area contributed by atoms with Gasteiger partial charge in [-0.3, -0.25) is 4.79 Å². The molecule has 1 aliphatic heterocycles. The molecule has 3 rings (SSSR count). The molecule has 0 aliphatic carbocycles. The number of hydrogen-bond donors (Lipinski definition) is 1. The van der Waals surface area contributed by atoms with Gasteiger partial charge < -0.3 is 5.32 Å². The molecule has 0 saturated carbocycles. The van der Waals surface area contributed by atoms with Gasteiger partial charge in [-0.25, -0.2) is 4.99 Å². The lowest BCUT2D eigenvalue weighted by Crippen LogP contribution is -2.25. The van der Waals surface area contributed by atoms with Crippen molar-refractivity contribution in [3.05, 3.63) is 64.1 Å². The smallest absolute Gasteiger partial charge is 0.239 e. The van der Waals surface area contributed by atoms with Gasteiger partial charge in [-0.2, -0.15) is 0 Å². The molecule has 0 bridgehead atoms. The first kappa shape index (κ1) is 15.4. The Hall–Kier alpha value is -1.49. The van der Waals surface area contributed by atoms with E-state index in [-0.39, 0.29) is 11.2 Å². The van der Waals surface area contributed by atoms with Gasteiger partial charge in [-0.1, -0.05) is 47.1 Å². The molecule has 1 atom stereocenters. The summed E-state index contributed by atoms with van der Waals surface area (Å²) in [6.45, 7) is 0. The number of thioether (sulfide) groups is 1. The summed E-state index contributed by atoms with van der Waals surface area (Å²) in [6.07, 6.45) is 0.646. The Morgan fingerprint density at radius 1 is 1.00 bits per heavy atom. The number of amides is 1. The van der Waals surface area contributed by atoms with E-state index in [0.29, 0.717) is 21.6 Å². The highest BCUT2D eigenvalue weighted by atomic mass is 35.5. The van der Waals surface area contributed by atoms with Gasteiger partial charge >= 0.3 is 0 Å². The summed E-state index contributed by atoms with van der Waals surface area (Å²) in [4.78, 5) is 16.5. The molecular formula is C16H12Cl2N2OS. The Bertz CT molecular complexity index is 714. The van der Waals surface area contributed by atoms with Crippen molar-refractivity contribution in [2.24, 2.45) is 4.99 Å². The number of benzene rings is 2. The van der Waals surface area contributed by atoms with Gasteiger partial charge in [0.2, 0.25) is 5.91 Å². The second-order valence-corrected chi connectivity index (χ2v) is 6.88. The van der Waals surface area contributed by atoms with Crippen molar-refractivity contribution in [1.29, 1.82) is 0 Å². The number of nitrogens with one attached hydrogen (secondary N) is 1. The standard InChI is InChI=1S/C16H12Cl2N2OS/c17-11-3-1-10(2-4-11)9-14-15(21)20-16(22-14)19-13-7-5-12(18)6-8-13/h1-8,14H,9H2,(H,19,20,21)/t14-/m1/s1. The monoisotopic (exact) mass is 350 g/mol. The fourth-order valence-electron chi connectivity index (χ4n) is 2.06. The third-order valence-electron chi connectivity index (χ3n) is 3.17. The summed E-state index contributed by atoms with van der Waals surface area (Å²) in [7, 11) is 0. The second kappa shape index (κ2) is 6.73. The van der Waals surface area contributed by atoms with E-state index >= 15 is 0 Å². The number of nitrogens with zero attached hydrogens (tertiary/aromatic N) is 1. The molecule has 3 nitrogen and oxygen atoms in total. The van der Waals surface area contributed by atoms with Crippen LogP contribution in [0, 0.1) is 0 Å². The van der Waals surface area contributed by atoms with Gasteiger partial charge in [-0.05, 0) is 48.4 Å². The van der Waals surface area contributed by atoms with Crippen molar-refractivity contribution in [2.75, 3.05) is 0 Å². The van der Waals surface area contributed by atoms with E-state index < -0.39 is 0 Å². The molecule has 1 heterocycles. The third kappa shape index (κ3) is 3.83. The number of carbonyl (C=O) groups is 1. The van der Waals surface area contributed by atoms with Crippen LogP contribution in [0.2, 0.25) is 10.0 Å². The van der Waals surface area contributed by atoms with Crippen LogP contribution in [0.15, 0.2) is 53.5 Å². The quantitative estimate of drug-likeness (QED) is 0.887. The fourth-order valence-corrected chi connectivity index (χ4v) is 3.34. The van der Waals surface area contributed by atoms with Gasteiger partial charge in [0.05, 0.1) is 10.9 Å². The summed E-state index contributed by atoms with van der Waals surface area (Å²) >= 11 is 13.2. The summed E-state index contributed by atoms with van der Waals surface area (Å²) in [6, 6.07) is 14.7. The normalized spacial score (nSPS) is 19.5. The van der Waals surface area contributed by atoms with Crippen LogP contribution in [-0.4, -0.2) is 16.3 Å². The molecule has 6 heteroatoms. The van der Waals surface area contributed by atoms with E-state index in [9.17, 15) is 4.79 Å². The molecule has 1 N–H and O–H groups in total. The van der Waals surface area contributed by atoms with Crippen molar-refractivity contribution in [3.63, 3.8) is 0 Å². The maximum absolute atomic E-state index is 12.0. The molecule has 22 heavy (non-hydrogen) atoms. The Kier molecular flexibility index (Phi) is 4.71. The lowest BCUT2D eigenvalue weighted by atomic mass is 10.1. The topological polar surface area (TPSA) is 41.5 Å². The van der Waals surface area contributed by atoms with Crippen molar-refractivity contribution in [1.82, 2.24) is 5.32 Å². The van der Waals surface area contributed by atoms with Gasteiger partial charge in [0.25, 0.3) is 0 Å². The van der Waals surface area contributed by atoms with E-state index in [1.165, 1.54) is 11.8 Å². The number of halogens is 2. The zero-order chi connectivity index (χ0) is 15.5. The van der Waals surface area contributed by atoms with E-state index in [0.717, 1.165) is 11.3 Å². The van der Waals surface area contributed by atoms with Crippen molar-refractivity contribution in [3.8, 4) is 0 Å². The molecule has 112 valence electrons. The minimum atomic E-state index is -0.174. The molecule has 0 aromatic heterocycles. The fraction of sp³-hybridized carbons (Fsp3) is 0.125. The summed E-state index contributed by atoms with van der Waals surface area (Å²) in [5.41, 5.74) is 1.84. The Morgan fingerprint density at radius 2 is 1.59 bits per heavy atom. The second-order valence-electron chi connectivity index (χ2n) is 4.82. The molecule has 1 amide bonds. The van der Waals surface area contributed by atoms with E-state index in [4.69, 9.17) is 23.2 Å². The van der Waals surface area contributed by atoms with Crippen LogP contribution in [0.5, 0.6) is 0 Å². The third-order valence-corrected chi connectivity index (χ3v) is 4.75. The predicted octanol–water partition coefficient (Wildman–Crippen LogP) is 4.46. The highest BCUT2D eigenvalue weighted by molar-refractivity contribution is 8.15. The molecule has 1 fully saturated rings. The molecular weight excluding hydrogens is 339 g/mol. The van der Waals surface area contributed by atoms with E-state index in [1.807, 2.05) is 36.4 Å². The van der Waals surface area contributed by atoms with Crippen molar-refractivity contribution < 1.29 is 4.79 Å². The van der Waals surface area contributed by atoms with E-state index in [2.05, 4.69) is 10.3 Å². The minimum absolute atomic E-state index is 0.0207. The largest absolute Gasteiger partial charge is 0.304 e. The summed E-state index contributed by atoms with van der Waals surface area (Å²) in [5.74, 6) is -0.0207. The molecule has 0 radical (unpaired) electrons. The average Bonchev–Trinajstić information content (AvgIpc) is 2.84. The predicted molar refractivity (Wildman–Crippen MR) is 93.2 cm³/mol. The van der Waals surface area contributed by atoms with Gasteiger partial charge in [-0.15, -0.1) is 0 Å². The first-order valence-corrected chi connectivity index (χ1v) is 8.30. The van der Waals surface area contributed by atoms with Crippen LogP contribution in [0.3, 0.4) is 0 Å². The van der Waals surface area contributed by atoms with Crippen LogP contribution in [0.1, 0.15) is 5.56 Å². The first-order valence-electron chi connectivity index (χ1n) is 6.66. The maximum Gasteiger partial charge on any atom is 0.239 e. The zero-order valence-corrected chi connectivity index (χ0v) is 13.8. The lowest BCUT2D eigenvalue weighted by Gasteiger charge is -2.05. The number of aliphatic imine (C=N–C) groups is 1.